The van der Waals surface area contributed by atoms with Crippen LogP contribution in [0.3, 0.4) is 0 Å². The number of nitrogens with zero attached hydrogens (tertiary/aromatic N) is 1. The van der Waals surface area contributed by atoms with E-state index in [9.17, 15) is 0 Å². The largest absolute Gasteiger partial charge is 0.491 e. The lowest BCUT2D eigenvalue weighted by molar-refractivity contribution is -0.692. The lowest BCUT2D eigenvalue weighted by Gasteiger charge is -2.14. The fraction of sp³-hybridized carbons (Fsp3) is 0.261. The van der Waals surface area contributed by atoms with Crippen LogP contribution in [0.2, 0.25) is 5.02 Å². The molecule has 0 aliphatic rings. The molecule has 3 aromatic rings. The summed E-state index contributed by atoms with van der Waals surface area (Å²) in [6, 6.07) is 16.4. The van der Waals surface area contributed by atoms with E-state index < -0.39 is 0 Å². The van der Waals surface area contributed by atoms with Crippen molar-refractivity contribution in [2.45, 2.75) is 38.3 Å². The third kappa shape index (κ3) is 4.66. The number of ether oxygens (including phenoxy) is 1. The topological polar surface area (TPSA) is 13.1 Å². The molecule has 0 N–H and O–H groups in total. The zero-order valence-electron chi connectivity index (χ0n) is 16.2. The summed E-state index contributed by atoms with van der Waals surface area (Å²) in [5.74, 6) is 0.894. The molecule has 4 heteroatoms. The Morgan fingerprint density at radius 2 is 1.63 bits per heavy atom. The Morgan fingerprint density at radius 1 is 1.00 bits per heavy atom. The number of aryl methyl sites for hydroxylation is 1. The monoisotopic (exact) mass is 398 g/mol. The molecule has 0 spiro atoms. The number of aromatic nitrogens is 1. The number of benzene rings is 2. The first-order valence-electron chi connectivity index (χ1n) is 9.16. The molecule has 0 bridgehead atoms. The Morgan fingerprint density at radius 3 is 2.19 bits per heavy atom. The fourth-order valence-corrected chi connectivity index (χ4v) is 4.08. The third-order valence-electron chi connectivity index (χ3n) is 4.30. The van der Waals surface area contributed by atoms with Crippen molar-refractivity contribution in [3.8, 4) is 28.0 Å². The first-order chi connectivity index (χ1) is 13.0. The maximum atomic E-state index is 6.26. The van der Waals surface area contributed by atoms with Gasteiger partial charge in [-0.05, 0) is 62.4 Å². The summed E-state index contributed by atoms with van der Waals surface area (Å²) < 4.78 is 8.13. The van der Waals surface area contributed by atoms with E-state index in [1.165, 1.54) is 16.0 Å². The minimum absolute atomic E-state index is 0.152. The van der Waals surface area contributed by atoms with Gasteiger partial charge >= 0.3 is 0 Å². The maximum Gasteiger partial charge on any atom is 0.177 e. The number of hydrogen-bond donors (Lipinski definition) is 0. The summed E-state index contributed by atoms with van der Waals surface area (Å²) in [6.07, 6.45) is 6.69. The molecule has 0 radical (unpaired) electrons. The third-order valence-corrected chi connectivity index (χ3v) is 5.38. The van der Waals surface area contributed by atoms with Gasteiger partial charge in [0.25, 0.3) is 0 Å². The quantitative estimate of drug-likeness (QED) is 0.347. The predicted molar refractivity (Wildman–Crippen MR) is 116 cm³/mol. The molecule has 2 nitrogen and oxygen atoms in total. The van der Waals surface area contributed by atoms with Crippen molar-refractivity contribution in [3.05, 3.63) is 65.9 Å². The summed E-state index contributed by atoms with van der Waals surface area (Å²) in [4.78, 5) is 1.24. The molecular formula is C23H25ClNOS+. The molecule has 27 heavy (non-hydrogen) atoms. The van der Waals surface area contributed by atoms with Gasteiger partial charge in [0.1, 0.15) is 12.3 Å². The average Bonchev–Trinajstić information content (AvgIpc) is 2.66. The smallest absolute Gasteiger partial charge is 0.177 e. The van der Waals surface area contributed by atoms with E-state index in [-0.39, 0.29) is 6.10 Å². The predicted octanol–water partition coefficient (Wildman–Crippen LogP) is 6.49. The van der Waals surface area contributed by atoms with Crippen LogP contribution in [0.5, 0.6) is 5.75 Å². The molecule has 1 heterocycles. The molecule has 0 unspecified atom stereocenters. The molecule has 0 aliphatic carbocycles. The average molecular weight is 399 g/mol. The summed E-state index contributed by atoms with van der Waals surface area (Å²) in [5, 5.41) is 0.750. The van der Waals surface area contributed by atoms with Crippen LogP contribution in [0.4, 0.5) is 0 Å². The van der Waals surface area contributed by atoms with Gasteiger partial charge in [-0.1, -0.05) is 35.9 Å². The summed E-state index contributed by atoms with van der Waals surface area (Å²) in [7, 11) is 0. The van der Waals surface area contributed by atoms with Crippen LogP contribution in [0, 0.1) is 0 Å². The molecule has 3 rings (SSSR count). The van der Waals surface area contributed by atoms with E-state index >= 15 is 0 Å². The van der Waals surface area contributed by atoms with E-state index in [0.29, 0.717) is 0 Å². The van der Waals surface area contributed by atoms with E-state index in [2.05, 4.69) is 54.4 Å². The first kappa shape index (κ1) is 19.8. The van der Waals surface area contributed by atoms with Crippen molar-refractivity contribution in [1.82, 2.24) is 0 Å². The van der Waals surface area contributed by atoms with Crippen LogP contribution >= 0.6 is 23.4 Å². The van der Waals surface area contributed by atoms with Gasteiger partial charge in [-0.15, -0.1) is 11.8 Å². The Labute approximate surface area is 171 Å². The van der Waals surface area contributed by atoms with Gasteiger partial charge in [0.05, 0.1) is 17.2 Å². The molecule has 0 fully saturated rings. The van der Waals surface area contributed by atoms with Crippen LogP contribution in [-0.2, 0) is 6.54 Å². The highest BCUT2D eigenvalue weighted by molar-refractivity contribution is 7.98. The Balaban J connectivity index is 2.20. The molecule has 0 saturated heterocycles. The van der Waals surface area contributed by atoms with Crippen molar-refractivity contribution < 1.29 is 9.30 Å². The molecule has 0 atom stereocenters. The van der Waals surface area contributed by atoms with Gasteiger partial charge in [-0.25, -0.2) is 4.57 Å². The molecule has 140 valence electrons. The maximum absolute atomic E-state index is 6.26. The van der Waals surface area contributed by atoms with Crippen LogP contribution in [0.1, 0.15) is 20.8 Å². The van der Waals surface area contributed by atoms with Crippen LogP contribution < -0.4 is 9.30 Å². The zero-order valence-corrected chi connectivity index (χ0v) is 17.8. The molecule has 0 amide bonds. The van der Waals surface area contributed by atoms with Gasteiger partial charge in [-0.3, -0.25) is 0 Å². The van der Waals surface area contributed by atoms with E-state index in [0.717, 1.165) is 28.4 Å². The van der Waals surface area contributed by atoms with Gasteiger partial charge in [-0.2, -0.15) is 0 Å². The van der Waals surface area contributed by atoms with E-state index in [1.807, 2.05) is 38.1 Å². The number of thioether (sulfide) groups is 1. The molecular weight excluding hydrogens is 374 g/mol. The summed E-state index contributed by atoms with van der Waals surface area (Å²) >= 11 is 8.02. The van der Waals surface area contributed by atoms with Gasteiger partial charge in [0, 0.05) is 9.92 Å². The highest BCUT2D eigenvalue weighted by Gasteiger charge is 2.18. The number of pyridine rings is 1. The molecule has 1 aromatic heterocycles. The second-order valence-electron chi connectivity index (χ2n) is 6.65. The van der Waals surface area contributed by atoms with E-state index in [1.54, 1.807) is 11.8 Å². The van der Waals surface area contributed by atoms with Crippen molar-refractivity contribution in [2.24, 2.45) is 0 Å². The standard InChI is InChI=1S/C23H25ClNOS/c1-5-25-14-21(17-8-6-10-19(24)12-17)23(27-4)22(15-25)18-9-7-11-20(13-18)26-16(2)3/h6-16H,5H2,1-4H3/q+1. The Hall–Kier alpha value is -1.97. The van der Waals surface area contributed by atoms with Crippen LogP contribution in [0.25, 0.3) is 22.3 Å². The Kier molecular flexibility index (Phi) is 6.46. The van der Waals surface area contributed by atoms with E-state index in [4.69, 9.17) is 16.3 Å². The first-order valence-corrected chi connectivity index (χ1v) is 10.8. The highest BCUT2D eigenvalue weighted by Crippen LogP contribution is 2.38. The number of halogens is 1. The zero-order chi connectivity index (χ0) is 19.4. The lowest BCUT2D eigenvalue weighted by atomic mass is 10.0. The SMILES string of the molecule is CC[n+]1cc(-c2cccc(Cl)c2)c(SC)c(-c2cccc(OC(C)C)c2)c1. The summed E-state index contributed by atoms with van der Waals surface area (Å²) in [5.41, 5.74) is 4.68. The van der Waals surface area contributed by atoms with Gasteiger partial charge in [0.15, 0.2) is 12.4 Å². The molecule has 2 aromatic carbocycles. The van der Waals surface area contributed by atoms with Crippen LogP contribution in [-0.4, -0.2) is 12.4 Å². The van der Waals surface area contributed by atoms with Gasteiger partial charge < -0.3 is 4.74 Å². The van der Waals surface area contributed by atoms with Crippen molar-refractivity contribution >= 4 is 23.4 Å². The molecule has 0 aliphatic heterocycles. The number of rotatable bonds is 6. The molecule has 0 saturated carbocycles. The fourth-order valence-electron chi connectivity index (χ4n) is 3.11. The second kappa shape index (κ2) is 8.81. The minimum atomic E-state index is 0.152. The Bertz CT molecular complexity index is 939. The highest BCUT2D eigenvalue weighted by atomic mass is 35.5. The normalized spacial score (nSPS) is 11.0. The second-order valence-corrected chi connectivity index (χ2v) is 7.91. The van der Waals surface area contributed by atoms with Crippen molar-refractivity contribution in [1.29, 1.82) is 0 Å². The van der Waals surface area contributed by atoms with Crippen LogP contribution in [0.15, 0.2) is 65.8 Å². The van der Waals surface area contributed by atoms with Gasteiger partial charge in [0.2, 0.25) is 0 Å². The summed E-state index contributed by atoms with van der Waals surface area (Å²) in [6.45, 7) is 7.15. The minimum Gasteiger partial charge on any atom is -0.491 e. The van der Waals surface area contributed by atoms with Crippen molar-refractivity contribution in [2.75, 3.05) is 6.26 Å². The van der Waals surface area contributed by atoms with Crippen molar-refractivity contribution in [3.63, 3.8) is 0 Å². The lowest BCUT2D eigenvalue weighted by Crippen LogP contribution is -2.32. The number of hydrogen-bond acceptors (Lipinski definition) is 2.